The number of nitrogens with zero attached hydrogens (tertiary/aromatic N) is 1. The molecule has 0 unspecified atom stereocenters. The molecular formula is C14H14FN3O. The fourth-order valence-electron chi connectivity index (χ4n) is 1.65. The molecule has 5 heteroatoms. The molecule has 0 aliphatic rings. The summed E-state index contributed by atoms with van der Waals surface area (Å²) in [6.45, 7) is 2.10. The van der Waals surface area contributed by atoms with Crippen LogP contribution in [0.2, 0.25) is 0 Å². The topological polar surface area (TPSA) is 72.0 Å². The molecule has 3 N–H and O–H groups in total. The van der Waals surface area contributed by atoms with E-state index in [2.05, 4.69) is 4.98 Å². The summed E-state index contributed by atoms with van der Waals surface area (Å²) in [6.07, 6.45) is 1.58. The molecule has 2 aromatic rings. The van der Waals surface area contributed by atoms with E-state index in [1.54, 1.807) is 31.3 Å². The van der Waals surface area contributed by atoms with Crippen LogP contribution >= 0.6 is 0 Å². The maximum Gasteiger partial charge on any atom is 0.141 e. The van der Waals surface area contributed by atoms with Crippen molar-refractivity contribution in [2.24, 2.45) is 5.73 Å². The first kappa shape index (κ1) is 13.0. The van der Waals surface area contributed by atoms with Crippen molar-refractivity contribution >= 4 is 5.84 Å². The van der Waals surface area contributed by atoms with E-state index in [9.17, 15) is 4.39 Å². The molecule has 0 spiro atoms. The molecule has 98 valence electrons. The van der Waals surface area contributed by atoms with E-state index < -0.39 is 0 Å². The van der Waals surface area contributed by atoms with Gasteiger partial charge in [-0.1, -0.05) is 0 Å². The number of aromatic nitrogens is 1. The number of nitrogen functional groups attached to an aromatic ring is 1. The molecule has 0 radical (unpaired) electrons. The summed E-state index contributed by atoms with van der Waals surface area (Å²) in [5.41, 5.74) is 7.37. The van der Waals surface area contributed by atoms with Crippen molar-refractivity contribution in [1.29, 1.82) is 5.41 Å². The second-order valence-corrected chi connectivity index (χ2v) is 4.16. The number of nitrogens with two attached hydrogens (primary N) is 1. The van der Waals surface area contributed by atoms with Gasteiger partial charge in [0.15, 0.2) is 0 Å². The van der Waals surface area contributed by atoms with E-state index in [0.29, 0.717) is 18.1 Å². The highest BCUT2D eigenvalue weighted by Gasteiger charge is 2.04. The van der Waals surface area contributed by atoms with Gasteiger partial charge in [-0.3, -0.25) is 10.4 Å². The Morgan fingerprint density at radius 1 is 1.37 bits per heavy atom. The van der Waals surface area contributed by atoms with Crippen molar-refractivity contribution in [3.63, 3.8) is 0 Å². The first-order valence-electron chi connectivity index (χ1n) is 5.74. The van der Waals surface area contributed by atoms with E-state index in [1.165, 1.54) is 12.1 Å². The highest BCUT2D eigenvalue weighted by molar-refractivity contribution is 5.93. The lowest BCUT2D eigenvalue weighted by atomic mass is 10.2. The minimum Gasteiger partial charge on any atom is -0.489 e. The van der Waals surface area contributed by atoms with Crippen LogP contribution in [0.15, 0.2) is 36.5 Å². The lowest BCUT2D eigenvalue weighted by molar-refractivity contribution is 0.303. The van der Waals surface area contributed by atoms with Crippen LogP contribution in [0.3, 0.4) is 0 Å². The highest BCUT2D eigenvalue weighted by Crippen LogP contribution is 2.19. The normalized spacial score (nSPS) is 10.2. The second kappa shape index (κ2) is 5.48. The molecule has 0 atom stereocenters. The Morgan fingerprint density at radius 3 is 2.84 bits per heavy atom. The quantitative estimate of drug-likeness (QED) is 0.654. The van der Waals surface area contributed by atoms with Gasteiger partial charge >= 0.3 is 0 Å². The molecule has 0 aliphatic carbocycles. The zero-order chi connectivity index (χ0) is 13.8. The Morgan fingerprint density at radius 2 is 2.16 bits per heavy atom. The lowest BCUT2D eigenvalue weighted by Gasteiger charge is -2.09. The maximum absolute atomic E-state index is 13.0. The van der Waals surface area contributed by atoms with Crippen LogP contribution in [-0.2, 0) is 6.61 Å². The van der Waals surface area contributed by atoms with E-state index in [-0.39, 0.29) is 11.7 Å². The van der Waals surface area contributed by atoms with E-state index in [0.717, 1.165) is 11.1 Å². The van der Waals surface area contributed by atoms with Crippen LogP contribution in [-0.4, -0.2) is 10.8 Å². The van der Waals surface area contributed by atoms with Crippen LogP contribution < -0.4 is 10.5 Å². The van der Waals surface area contributed by atoms with Crippen molar-refractivity contribution in [3.05, 3.63) is 59.2 Å². The molecule has 0 bridgehead atoms. The van der Waals surface area contributed by atoms with Crippen LogP contribution in [0.4, 0.5) is 4.39 Å². The number of nitrogens with one attached hydrogen (secondary N) is 1. The number of hydrogen-bond acceptors (Lipinski definition) is 3. The summed E-state index contributed by atoms with van der Waals surface area (Å²) in [6, 6.07) is 7.85. The molecule has 2 rings (SSSR count). The van der Waals surface area contributed by atoms with Gasteiger partial charge in [-0.25, -0.2) is 4.39 Å². The number of benzene rings is 1. The third-order valence-electron chi connectivity index (χ3n) is 2.63. The average molecular weight is 259 g/mol. The molecule has 4 nitrogen and oxygen atoms in total. The van der Waals surface area contributed by atoms with Gasteiger partial charge in [-0.2, -0.15) is 0 Å². The number of ether oxygens (including phenoxy) is 1. The van der Waals surface area contributed by atoms with Crippen molar-refractivity contribution in [3.8, 4) is 5.75 Å². The number of rotatable bonds is 4. The summed E-state index contributed by atoms with van der Waals surface area (Å²) in [7, 11) is 0. The minimum absolute atomic E-state index is 0.0835. The largest absolute Gasteiger partial charge is 0.489 e. The molecule has 0 saturated carbocycles. The van der Waals surface area contributed by atoms with E-state index in [1.807, 2.05) is 0 Å². The van der Waals surface area contributed by atoms with Gasteiger partial charge in [0.05, 0.1) is 0 Å². The standard InChI is InChI=1S/C14H14FN3O/c1-9-6-11(15)2-3-13(9)19-8-10-4-5-18-12(7-10)14(16)17/h2-7H,8H2,1H3,(H3,16,17). The van der Waals surface area contributed by atoms with Crippen molar-refractivity contribution in [2.45, 2.75) is 13.5 Å². The molecule has 1 heterocycles. The van der Waals surface area contributed by atoms with Gasteiger partial charge in [0.25, 0.3) is 0 Å². The summed E-state index contributed by atoms with van der Waals surface area (Å²) in [4.78, 5) is 3.97. The molecule has 1 aromatic heterocycles. The zero-order valence-corrected chi connectivity index (χ0v) is 10.5. The van der Waals surface area contributed by atoms with Crippen molar-refractivity contribution in [2.75, 3.05) is 0 Å². The first-order valence-corrected chi connectivity index (χ1v) is 5.74. The smallest absolute Gasteiger partial charge is 0.141 e. The summed E-state index contributed by atoms with van der Waals surface area (Å²) in [5, 5.41) is 7.32. The Kier molecular flexibility index (Phi) is 3.75. The first-order chi connectivity index (χ1) is 9.06. The predicted octanol–water partition coefficient (Wildman–Crippen LogP) is 2.39. The highest BCUT2D eigenvalue weighted by atomic mass is 19.1. The maximum atomic E-state index is 13.0. The van der Waals surface area contributed by atoms with Crippen LogP contribution in [0.1, 0.15) is 16.8 Å². The van der Waals surface area contributed by atoms with Crippen LogP contribution in [0.5, 0.6) is 5.75 Å². The Bertz CT molecular complexity index is 613. The molecule has 0 fully saturated rings. The Hall–Kier alpha value is -2.43. The third kappa shape index (κ3) is 3.28. The monoisotopic (exact) mass is 259 g/mol. The molecule has 0 saturated heterocycles. The predicted molar refractivity (Wildman–Crippen MR) is 70.7 cm³/mol. The second-order valence-electron chi connectivity index (χ2n) is 4.16. The van der Waals surface area contributed by atoms with Gasteiger partial charge in [0.2, 0.25) is 0 Å². The number of hydrogen-bond donors (Lipinski definition) is 2. The van der Waals surface area contributed by atoms with Crippen LogP contribution in [0, 0.1) is 18.2 Å². The number of aryl methyl sites for hydroxylation is 1. The van der Waals surface area contributed by atoms with Crippen molar-refractivity contribution in [1.82, 2.24) is 4.98 Å². The van der Waals surface area contributed by atoms with Gasteiger partial charge in [0.1, 0.15) is 29.7 Å². The van der Waals surface area contributed by atoms with E-state index >= 15 is 0 Å². The number of amidine groups is 1. The fourth-order valence-corrected chi connectivity index (χ4v) is 1.65. The van der Waals surface area contributed by atoms with Gasteiger partial charge in [0, 0.05) is 6.20 Å². The Labute approximate surface area is 110 Å². The molecule has 0 amide bonds. The SMILES string of the molecule is Cc1cc(F)ccc1OCc1ccnc(C(=N)N)c1. The van der Waals surface area contributed by atoms with Gasteiger partial charge in [-0.15, -0.1) is 0 Å². The number of halogens is 1. The number of pyridine rings is 1. The fraction of sp³-hybridized carbons (Fsp3) is 0.143. The van der Waals surface area contributed by atoms with Crippen LogP contribution in [0.25, 0.3) is 0 Å². The molecule has 1 aromatic carbocycles. The summed E-state index contributed by atoms with van der Waals surface area (Å²) in [5.74, 6) is 0.259. The lowest BCUT2D eigenvalue weighted by Crippen LogP contribution is -2.13. The van der Waals surface area contributed by atoms with E-state index in [4.69, 9.17) is 15.9 Å². The van der Waals surface area contributed by atoms with Crippen molar-refractivity contribution < 1.29 is 9.13 Å². The van der Waals surface area contributed by atoms with Gasteiger partial charge < -0.3 is 10.5 Å². The summed E-state index contributed by atoms with van der Waals surface area (Å²) < 4.78 is 18.6. The molecule has 19 heavy (non-hydrogen) atoms. The minimum atomic E-state index is -0.285. The summed E-state index contributed by atoms with van der Waals surface area (Å²) >= 11 is 0. The average Bonchev–Trinajstić information content (AvgIpc) is 2.38. The zero-order valence-electron chi connectivity index (χ0n) is 10.5. The third-order valence-corrected chi connectivity index (χ3v) is 2.63. The molecule has 0 aliphatic heterocycles. The molecular weight excluding hydrogens is 245 g/mol. The Balaban J connectivity index is 2.10. The van der Waals surface area contributed by atoms with Gasteiger partial charge in [-0.05, 0) is 48.4 Å².